The number of amides is 1. The second kappa shape index (κ2) is 7.16. The number of carbonyl (C=O) groups excluding carboxylic acids is 1. The van der Waals surface area contributed by atoms with Crippen LogP contribution in [0, 0.1) is 5.92 Å². The van der Waals surface area contributed by atoms with E-state index in [0.717, 1.165) is 30.0 Å². The quantitative estimate of drug-likeness (QED) is 0.852. The second-order valence-corrected chi connectivity index (χ2v) is 5.76. The minimum absolute atomic E-state index is 0.0150. The largest absolute Gasteiger partial charge is 0.496 e. The van der Waals surface area contributed by atoms with E-state index in [-0.39, 0.29) is 17.4 Å². The van der Waals surface area contributed by atoms with Crippen LogP contribution < -0.4 is 20.5 Å². The van der Waals surface area contributed by atoms with Crippen LogP contribution in [-0.4, -0.2) is 36.3 Å². The zero-order valence-corrected chi connectivity index (χ0v) is 13.5. The molecule has 1 atom stereocenters. The first-order valence-corrected chi connectivity index (χ1v) is 7.86. The van der Waals surface area contributed by atoms with Gasteiger partial charge in [0.2, 0.25) is 5.91 Å². The summed E-state index contributed by atoms with van der Waals surface area (Å²) in [6.45, 7) is 1.76. The summed E-state index contributed by atoms with van der Waals surface area (Å²) in [6, 6.07) is 9.12. The van der Waals surface area contributed by atoms with Crippen molar-refractivity contribution in [3.05, 3.63) is 52.4 Å². The second-order valence-electron chi connectivity index (χ2n) is 5.76. The van der Waals surface area contributed by atoms with Gasteiger partial charge in [0.15, 0.2) is 0 Å². The molecule has 2 N–H and O–H groups in total. The highest BCUT2D eigenvalue weighted by Crippen LogP contribution is 2.22. The number of H-pyrrole nitrogens is 1. The third kappa shape index (κ3) is 3.56. The van der Waals surface area contributed by atoms with Crippen molar-refractivity contribution in [2.24, 2.45) is 5.92 Å². The standard InChI is InChI=1S/C17H20N4O3/c1-24-15-5-3-2-4-12(15)9-18-17(23)13-6-7-21(11-13)14-8-16(22)20-19-10-14/h2-5,8,10,13H,6-7,9,11H2,1H3,(H,18,23)(H,20,22). The van der Waals surface area contributed by atoms with E-state index in [9.17, 15) is 9.59 Å². The summed E-state index contributed by atoms with van der Waals surface area (Å²) in [4.78, 5) is 25.8. The van der Waals surface area contributed by atoms with E-state index in [4.69, 9.17) is 4.74 Å². The van der Waals surface area contributed by atoms with Gasteiger partial charge in [0.25, 0.3) is 5.56 Å². The molecule has 2 heterocycles. The lowest BCUT2D eigenvalue weighted by molar-refractivity contribution is -0.124. The van der Waals surface area contributed by atoms with Crippen LogP contribution in [0.15, 0.2) is 41.3 Å². The van der Waals surface area contributed by atoms with Gasteiger partial charge < -0.3 is 15.0 Å². The lowest BCUT2D eigenvalue weighted by Gasteiger charge is -2.17. The van der Waals surface area contributed by atoms with Crippen molar-refractivity contribution in [3.63, 3.8) is 0 Å². The van der Waals surface area contributed by atoms with Crippen molar-refractivity contribution >= 4 is 11.6 Å². The van der Waals surface area contributed by atoms with Crippen LogP contribution in [0.2, 0.25) is 0 Å². The van der Waals surface area contributed by atoms with Gasteiger partial charge in [-0.15, -0.1) is 0 Å². The number of benzene rings is 1. The Labute approximate surface area is 139 Å². The van der Waals surface area contributed by atoms with E-state index in [1.165, 1.54) is 6.07 Å². The minimum Gasteiger partial charge on any atom is -0.496 e. The maximum atomic E-state index is 12.4. The monoisotopic (exact) mass is 328 g/mol. The number of anilines is 1. The first-order chi connectivity index (χ1) is 11.7. The van der Waals surface area contributed by atoms with E-state index in [0.29, 0.717) is 13.1 Å². The Balaban J connectivity index is 1.58. The third-order valence-corrected chi connectivity index (χ3v) is 4.22. The van der Waals surface area contributed by atoms with Crippen LogP contribution >= 0.6 is 0 Å². The zero-order valence-electron chi connectivity index (χ0n) is 13.5. The summed E-state index contributed by atoms with van der Waals surface area (Å²) < 4.78 is 5.29. The number of nitrogens with zero attached hydrogens (tertiary/aromatic N) is 2. The molecule has 1 fully saturated rings. The van der Waals surface area contributed by atoms with Crippen LogP contribution in [0.3, 0.4) is 0 Å². The number of para-hydroxylation sites is 1. The Hall–Kier alpha value is -2.83. The summed E-state index contributed by atoms with van der Waals surface area (Å²) in [5, 5.41) is 9.13. The van der Waals surface area contributed by atoms with E-state index in [1.54, 1.807) is 13.3 Å². The Morgan fingerprint density at radius 2 is 2.29 bits per heavy atom. The van der Waals surface area contributed by atoms with Crippen LogP contribution in [0.5, 0.6) is 5.75 Å². The molecule has 24 heavy (non-hydrogen) atoms. The molecule has 0 aliphatic carbocycles. The number of hydrogen-bond donors (Lipinski definition) is 2. The van der Waals surface area contributed by atoms with Crippen LogP contribution in [0.25, 0.3) is 0 Å². The molecule has 1 saturated heterocycles. The molecule has 1 aliphatic rings. The number of ether oxygens (including phenoxy) is 1. The Bertz CT molecular complexity index is 774. The number of hydrogen-bond acceptors (Lipinski definition) is 5. The van der Waals surface area contributed by atoms with Gasteiger partial charge in [-0.05, 0) is 12.5 Å². The van der Waals surface area contributed by atoms with Crippen molar-refractivity contribution in [1.29, 1.82) is 0 Å². The van der Waals surface area contributed by atoms with Crippen molar-refractivity contribution in [2.75, 3.05) is 25.1 Å². The zero-order chi connectivity index (χ0) is 16.9. The maximum absolute atomic E-state index is 12.4. The smallest absolute Gasteiger partial charge is 0.266 e. The molecule has 1 unspecified atom stereocenters. The Morgan fingerprint density at radius 3 is 3.08 bits per heavy atom. The number of aromatic nitrogens is 2. The predicted octanol–water partition coefficient (Wildman–Crippen LogP) is 0.921. The maximum Gasteiger partial charge on any atom is 0.266 e. The van der Waals surface area contributed by atoms with Crippen LogP contribution in [0.1, 0.15) is 12.0 Å². The molecule has 0 radical (unpaired) electrons. The molecule has 3 rings (SSSR count). The summed E-state index contributed by atoms with van der Waals surface area (Å²) in [5.74, 6) is 0.681. The van der Waals surface area contributed by atoms with Gasteiger partial charge in [0.1, 0.15) is 5.75 Å². The topological polar surface area (TPSA) is 87.3 Å². The Kier molecular flexibility index (Phi) is 4.79. The summed E-state index contributed by atoms with van der Waals surface area (Å²) in [5.41, 5.74) is 1.46. The van der Waals surface area contributed by atoms with Crippen molar-refractivity contribution in [2.45, 2.75) is 13.0 Å². The number of nitrogens with one attached hydrogen (secondary N) is 2. The van der Waals surface area contributed by atoms with E-state index >= 15 is 0 Å². The van der Waals surface area contributed by atoms with Crippen LogP contribution in [0.4, 0.5) is 5.69 Å². The molecular weight excluding hydrogens is 308 g/mol. The lowest BCUT2D eigenvalue weighted by atomic mass is 10.1. The lowest BCUT2D eigenvalue weighted by Crippen LogP contribution is -2.32. The summed E-state index contributed by atoms with van der Waals surface area (Å²) >= 11 is 0. The average Bonchev–Trinajstić information content (AvgIpc) is 3.10. The molecule has 1 aliphatic heterocycles. The fourth-order valence-corrected chi connectivity index (χ4v) is 2.92. The van der Waals surface area contributed by atoms with E-state index < -0.39 is 0 Å². The number of methoxy groups -OCH3 is 1. The Morgan fingerprint density at radius 1 is 1.46 bits per heavy atom. The number of aromatic amines is 1. The van der Waals surface area contributed by atoms with Gasteiger partial charge in [-0.3, -0.25) is 9.59 Å². The predicted molar refractivity (Wildman–Crippen MR) is 90.0 cm³/mol. The molecule has 1 amide bonds. The van der Waals surface area contributed by atoms with Crippen molar-refractivity contribution < 1.29 is 9.53 Å². The first-order valence-electron chi connectivity index (χ1n) is 7.86. The number of rotatable bonds is 5. The molecule has 0 saturated carbocycles. The molecular formula is C17H20N4O3. The van der Waals surface area contributed by atoms with Gasteiger partial charge in [-0.25, -0.2) is 5.10 Å². The van der Waals surface area contributed by atoms with Gasteiger partial charge in [-0.1, -0.05) is 18.2 Å². The average molecular weight is 328 g/mol. The highest BCUT2D eigenvalue weighted by molar-refractivity contribution is 5.80. The fraction of sp³-hybridized carbons (Fsp3) is 0.353. The summed E-state index contributed by atoms with van der Waals surface area (Å²) in [6.07, 6.45) is 2.36. The summed E-state index contributed by atoms with van der Waals surface area (Å²) in [7, 11) is 1.62. The van der Waals surface area contributed by atoms with Crippen molar-refractivity contribution in [1.82, 2.24) is 15.5 Å². The van der Waals surface area contributed by atoms with Gasteiger partial charge in [0, 0.05) is 31.3 Å². The van der Waals surface area contributed by atoms with E-state index in [2.05, 4.69) is 15.5 Å². The molecule has 2 aromatic rings. The van der Waals surface area contributed by atoms with Crippen LogP contribution in [-0.2, 0) is 11.3 Å². The molecule has 126 valence electrons. The third-order valence-electron chi connectivity index (χ3n) is 4.22. The van der Waals surface area contributed by atoms with E-state index in [1.807, 2.05) is 29.2 Å². The molecule has 7 nitrogen and oxygen atoms in total. The minimum atomic E-state index is -0.239. The highest BCUT2D eigenvalue weighted by atomic mass is 16.5. The number of carbonyl (C=O) groups is 1. The van der Waals surface area contributed by atoms with Gasteiger partial charge >= 0.3 is 0 Å². The first kappa shape index (κ1) is 16.0. The molecule has 1 aromatic heterocycles. The van der Waals surface area contributed by atoms with Gasteiger partial charge in [-0.2, -0.15) is 5.10 Å². The molecule has 0 bridgehead atoms. The molecule has 0 spiro atoms. The SMILES string of the molecule is COc1ccccc1CNC(=O)C1CCN(c2cn[nH]c(=O)c2)C1. The van der Waals surface area contributed by atoms with Gasteiger partial charge in [0.05, 0.1) is 24.9 Å². The van der Waals surface area contributed by atoms with Crippen molar-refractivity contribution in [3.8, 4) is 5.75 Å². The molecule has 1 aromatic carbocycles. The highest BCUT2D eigenvalue weighted by Gasteiger charge is 2.28. The normalized spacial score (nSPS) is 16.9. The fourth-order valence-electron chi connectivity index (χ4n) is 2.92. The molecule has 7 heteroatoms.